The Morgan fingerprint density at radius 1 is 1.41 bits per heavy atom. The lowest BCUT2D eigenvalue weighted by Gasteiger charge is -2.02. The van der Waals surface area contributed by atoms with Crippen molar-refractivity contribution in [2.45, 2.75) is 20.3 Å². The molecule has 0 bridgehead atoms. The van der Waals surface area contributed by atoms with Gasteiger partial charge >= 0.3 is 0 Å². The third kappa shape index (κ3) is 4.46. The van der Waals surface area contributed by atoms with Crippen LogP contribution in [0.25, 0.3) is 0 Å². The molecule has 0 heterocycles. The summed E-state index contributed by atoms with van der Waals surface area (Å²) in [4.78, 5) is 22.3. The van der Waals surface area contributed by atoms with Crippen LogP contribution in [0.4, 0.5) is 0 Å². The van der Waals surface area contributed by atoms with Gasteiger partial charge in [0.1, 0.15) is 0 Å². The number of carbonyl (C=O) groups excluding carboxylic acids is 2. The molecule has 1 aromatic carbocycles. The quantitative estimate of drug-likeness (QED) is 0.600. The van der Waals surface area contributed by atoms with Crippen LogP contribution in [-0.2, 0) is 4.79 Å². The number of carbonyl (C=O) groups is 2. The molecule has 0 aliphatic heterocycles. The lowest BCUT2D eigenvalue weighted by molar-refractivity contribution is -0.116. The van der Waals surface area contributed by atoms with Crippen LogP contribution in [0.15, 0.2) is 29.4 Å². The Kier molecular flexibility index (Phi) is 4.39. The van der Waals surface area contributed by atoms with Crippen LogP contribution in [0.2, 0.25) is 0 Å². The minimum absolute atomic E-state index is 0.0358. The molecule has 0 saturated heterocycles. The van der Waals surface area contributed by atoms with Gasteiger partial charge in [-0.3, -0.25) is 9.59 Å². The lowest BCUT2D eigenvalue weighted by Crippen LogP contribution is -2.21. The lowest BCUT2D eigenvalue weighted by atomic mass is 10.1. The maximum absolute atomic E-state index is 11.7. The van der Waals surface area contributed by atoms with Gasteiger partial charge in [0.2, 0.25) is 5.91 Å². The first-order valence-corrected chi connectivity index (χ1v) is 5.17. The van der Waals surface area contributed by atoms with Crippen molar-refractivity contribution in [3.63, 3.8) is 0 Å². The fourth-order valence-corrected chi connectivity index (χ4v) is 1.29. The molecule has 0 aliphatic rings. The summed E-state index contributed by atoms with van der Waals surface area (Å²) in [6.45, 7) is 3.53. The van der Waals surface area contributed by atoms with E-state index in [1.54, 1.807) is 25.1 Å². The van der Waals surface area contributed by atoms with Gasteiger partial charge in [-0.05, 0) is 26.0 Å². The molecule has 17 heavy (non-hydrogen) atoms. The van der Waals surface area contributed by atoms with Crippen LogP contribution >= 0.6 is 0 Å². The van der Waals surface area contributed by atoms with Crippen LogP contribution in [0.1, 0.15) is 29.3 Å². The van der Waals surface area contributed by atoms with E-state index in [-0.39, 0.29) is 12.3 Å². The van der Waals surface area contributed by atoms with Gasteiger partial charge in [-0.25, -0.2) is 5.43 Å². The highest BCUT2D eigenvalue weighted by Gasteiger charge is 2.04. The van der Waals surface area contributed by atoms with Crippen molar-refractivity contribution in [3.05, 3.63) is 35.4 Å². The summed E-state index contributed by atoms with van der Waals surface area (Å²) in [6.07, 6.45) is 0.0358. The molecule has 0 aliphatic carbocycles. The van der Waals surface area contributed by atoms with Crippen molar-refractivity contribution in [1.82, 2.24) is 5.43 Å². The molecule has 5 nitrogen and oxygen atoms in total. The molecule has 2 amide bonds. The number of hydrazone groups is 1. The van der Waals surface area contributed by atoms with E-state index in [2.05, 4.69) is 10.5 Å². The van der Waals surface area contributed by atoms with Gasteiger partial charge in [-0.1, -0.05) is 17.7 Å². The van der Waals surface area contributed by atoms with Crippen LogP contribution in [-0.4, -0.2) is 17.5 Å². The first-order valence-electron chi connectivity index (χ1n) is 5.17. The second kappa shape index (κ2) is 5.79. The van der Waals surface area contributed by atoms with Crippen LogP contribution < -0.4 is 11.2 Å². The monoisotopic (exact) mass is 233 g/mol. The Hall–Kier alpha value is -2.17. The van der Waals surface area contributed by atoms with Gasteiger partial charge in [0.05, 0.1) is 6.42 Å². The summed E-state index contributed by atoms with van der Waals surface area (Å²) in [5.41, 5.74) is 9.37. The molecular weight excluding hydrogens is 218 g/mol. The molecule has 0 radical (unpaired) electrons. The van der Waals surface area contributed by atoms with Gasteiger partial charge < -0.3 is 5.73 Å². The number of hydrogen-bond acceptors (Lipinski definition) is 3. The molecule has 0 aromatic heterocycles. The normalized spacial score (nSPS) is 11.1. The second-order valence-corrected chi connectivity index (χ2v) is 3.80. The van der Waals surface area contributed by atoms with Gasteiger partial charge in [-0.15, -0.1) is 0 Å². The average Bonchev–Trinajstić information content (AvgIpc) is 2.25. The zero-order valence-electron chi connectivity index (χ0n) is 9.86. The summed E-state index contributed by atoms with van der Waals surface area (Å²) < 4.78 is 0. The number of aryl methyl sites for hydroxylation is 1. The molecule has 1 aromatic rings. The van der Waals surface area contributed by atoms with Gasteiger partial charge in [0.15, 0.2) is 0 Å². The standard InChI is InChI=1S/C12H15N3O2/c1-8-4-3-5-10(6-8)12(17)15-14-9(2)7-11(13)16/h3-6H,7H2,1-2H3,(H2,13,16)(H,15,17)/b14-9-. The van der Waals surface area contributed by atoms with Crippen LogP contribution in [0, 0.1) is 6.92 Å². The number of benzene rings is 1. The Labute approximate surface area is 99.7 Å². The fraction of sp³-hybridized carbons (Fsp3) is 0.250. The van der Waals surface area contributed by atoms with E-state index in [9.17, 15) is 9.59 Å². The molecule has 0 fully saturated rings. The summed E-state index contributed by atoms with van der Waals surface area (Å²) in [5.74, 6) is -0.784. The summed E-state index contributed by atoms with van der Waals surface area (Å²) in [5, 5.41) is 3.79. The van der Waals surface area contributed by atoms with Crippen molar-refractivity contribution in [2.24, 2.45) is 10.8 Å². The molecule has 0 spiro atoms. The first kappa shape index (κ1) is 12.9. The number of hydrogen-bond donors (Lipinski definition) is 2. The maximum atomic E-state index is 11.7. The van der Waals surface area contributed by atoms with Crippen molar-refractivity contribution in [1.29, 1.82) is 0 Å². The van der Waals surface area contributed by atoms with E-state index in [0.29, 0.717) is 11.3 Å². The largest absolute Gasteiger partial charge is 0.369 e. The highest BCUT2D eigenvalue weighted by Crippen LogP contribution is 2.03. The SMILES string of the molecule is C/C(CC(N)=O)=N/NC(=O)c1cccc(C)c1. The molecule has 0 unspecified atom stereocenters. The number of primary amides is 1. The first-order chi connectivity index (χ1) is 7.99. The highest BCUT2D eigenvalue weighted by atomic mass is 16.2. The van der Waals surface area contributed by atoms with E-state index in [1.165, 1.54) is 0 Å². The van der Waals surface area contributed by atoms with Gasteiger partial charge in [0.25, 0.3) is 5.91 Å². The van der Waals surface area contributed by atoms with E-state index in [1.807, 2.05) is 13.0 Å². The minimum Gasteiger partial charge on any atom is -0.369 e. The molecule has 0 saturated carbocycles. The van der Waals surface area contributed by atoms with Crippen molar-refractivity contribution in [3.8, 4) is 0 Å². The predicted octanol–water partition coefficient (Wildman–Crippen LogP) is 0.976. The Bertz CT molecular complexity index is 467. The number of rotatable bonds is 4. The van der Waals surface area contributed by atoms with Crippen molar-refractivity contribution < 1.29 is 9.59 Å². The summed E-state index contributed by atoms with van der Waals surface area (Å²) in [6, 6.07) is 7.15. The van der Waals surface area contributed by atoms with Crippen molar-refractivity contribution >= 4 is 17.5 Å². The van der Waals surface area contributed by atoms with Gasteiger partial charge in [0, 0.05) is 11.3 Å². The molecular formula is C12H15N3O2. The third-order valence-electron chi connectivity index (χ3n) is 2.06. The minimum atomic E-state index is -0.476. The molecule has 5 heteroatoms. The third-order valence-corrected chi connectivity index (χ3v) is 2.06. The summed E-state index contributed by atoms with van der Waals surface area (Å²) >= 11 is 0. The van der Waals surface area contributed by atoms with Crippen LogP contribution in [0.3, 0.4) is 0 Å². The van der Waals surface area contributed by atoms with E-state index >= 15 is 0 Å². The van der Waals surface area contributed by atoms with Crippen molar-refractivity contribution in [2.75, 3.05) is 0 Å². The highest BCUT2D eigenvalue weighted by molar-refractivity contribution is 6.00. The van der Waals surface area contributed by atoms with Crippen LogP contribution in [0.5, 0.6) is 0 Å². The summed E-state index contributed by atoms with van der Waals surface area (Å²) in [7, 11) is 0. The number of amides is 2. The molecule has 0 atom stereocenters. The zero-order valence-corrected chi connectivity index (χ0v) is 9.86. The molecule has 90 valence electrons. The smallest absolute Gasteiger partial charge is 0.271 e. The average molecular weight is 233 g/mol. The molecule has 3 N–H and O–H groups in total. The fourth-order valence-electron chi connectivity index (χ4n) is 1.29. The number of nitrogens with zero attached hydrogens (tertiary/aromatic N) is 1. The Balaban J connectivity index is 2.64. The number of nitrogens with two attached hydrogens (primary N) is 1. The maximum Gasteiger partial charge on any atom is 0.271 e. The Morgan fingerprint density at radius 3 is 2.71 bits per heavy atom. The topological polar surface area (TPSA) is 84.6 Å². The zero-order chi connectivity index (χ0) is 12.8. The Morgan fingerprint density at radius 2 is 2.12 bits per heavy atom. The van der Waals surface area contributed by atoms with Gasteiger partial charge in [-0.2, -0.15) is 5.10 Å². The van der Waals surface area contributed by atoms with E-state index in [0.717, 1.165) is 5.56 Å². The van der Waals surface area contributed by atoms with E-state index in [4.69, 9.17) is 5.73 Å². The number of nitrogens with one attached hydrogen (secondary N) is 1. The van der Waals surface area contributed by atoms with E-state index < -0.39 is 5.91 Å². The predicted molar refractivity (Wildman–Crippen MR) is 65.6 cm³/mol. The second-order valence-electron chi connectivity index (χ2n) is 3.80. The molecule has 1 rings (SSSR count).